The van der Waals surface area contributed by atoms with Crippen molar-refractivity contribution >= 4 is 22.4 Å². The summed E-state index contributed by atoms with van der Waals surface area (Å²) in [5.41, 5.74) is 0.606. The zero-order valence-corrected chi connectivity index (χ0v) is 13.7. The first-order chi connectivity index (χ1) is 8.96. The summed E-state index contributed by atoms with van der Waals surface area (Å²) in [5.74, 6) is 0.899. The zero-order valence-electron chi connectivity index (χ0n) is 12.0. The third-order valence-corrected chi connectivity index (χ3v) is 4.24. The lowest BCUT2D eigenvalue weighted by molar-refractivity contribution is 0.353. The molecule has 6 nitrogen and oxygen atoms in total. The Morgan fingerprint density at radius 1 is 1.10 bits per heavy atom. The van der Waals surface area contributed by atoms with Crippen LogP contribution in [0.4, 0.5) is 0 Å². The molecule has 0 aliphatic rings. The Kier molecular flexibility index (Phi) is 7.88. The first-order valence-electron chi connectivity index (χ1n) is 5.83. The number of rotatable bonds is 7. The quantitative estimate of drug-likeness (QED) is 0.730. The van der Waals surface area contributed by atoms with Gasteiger partial charge in [-0.15, -0.1) is 12.4 Å². The smallest absolute Gasteiger partial charge is 0.241 e. The summed E-state index contributed by atoms with van der Waals surface area (Å²) < 4.78 is 37.1. The van der Waals surface area contributed by atoms with Gasteiger partial charge in [0.1, 0.15) is 0 Å². The molecule has 0 atom stereocenters. The first kappa shape index (κ1) is 19.0. The number of methoxy groups -OCH3 is 2. The van der Waals surface area contributed by atoms with Crippen molar-refractivity contribution in [1.29, 1.82) is 0 Å². The minimum atomic E-state index is -3.55. The van der Waals surface area contributed by atoms with E-state index in [4.69, 9.17) is 9.47 Å². The third kappa shape index (κ3) is 4.52. The van der Waals surface area contributed by atoms with Crippen LogP contribution in [0.3, 0.4) is 0 Å². The number of aryl methyl sites for hydroxylation is 1. The van der Waals surface area contributed by atoms with E-state index in [9.17, 15) is 8.42 Å². The lowest BCUT2D eigenvalue weighted by Crippen LogP contribution is -2.30. The first-order valence-corrected chi connectivity index (χ1v) is 7.31. The molecule has 0 amide bonds. The predicted octanol–water partition coefficient (Wildman–Crippen LogP) is 0.932. The summed E-state index contributed by atoms with van der Waals surface area (Å²) in [6.07, 6.45) is 0. The molecule has 116 valence electrons. The maximum absolute atomic E-state index is 12.2. The molecule has 0 radical (unpaired) electrons. The second kappa shape index (κ2) is 8.31. The molecule has 0 spiro atoms. The van der Waals surface area contributed by atoms with Crippen LogP contribution < -0.4 is 19.5 Å². The second-order valence-electron chi connectivity index (χ2n) is 3.97. The number of hydrogen-bond acceptors (Lipinski definition) is 5. The predicted molar refractivity (Wildman–Crippen MR) is 80.6 cm³/mol. The van der Waals surface area contributed by atoms with Crippen LogP contribution in [0.2, 0.25) is 0 Å². The van der Waals surface area contributed by atoms with Gasteiger partial charge in [-0.05, 0) is 25.6 Å². The van der Waals surface area contributed by atoms with Gasteiger partial charge in [-0.3, -0.25) is 0 Å². The monoisotopic (exact) mass is 324 g/mol. The number of likely N-dealkylation sites (N-methyl/N-ethyl adjacent to an activating group) is 1. The van der Waals surface area contributed by atoms with E-state index in [1.807, 2.05) is 0 Å². The SMILES string of the molecule is CNCCNS(=O)(=O)c1cc(OC)c(OC)cc1C.Cl. The number of halogens is 1. The molecule has 8 heteroatoms. The molecule has 1 aromatic carbocycles. The van der Waals surface area contributed by atoms with Crippen LogP contribution in [-0.2, 0) is 10.0 Å². The molecule has 0 bridgehead atoms. The Morgan fingerprint density at radius 3 is 2.15 bits per heavy atom. The Hall–Kier alpha value is -1.02. The number of nitrogens with one attached hydrogen (secondary N) is 2. The van der Waals surface area contributed by atoms with Crippen LogP contribution in [0.5, 0.6) is 11.5 Å². The minimum Gasteiger partial charge on any atom is -0.493 e. The van der Waals surface area contributed by atoms with Gasteiger partial charge in [0.25, 0.3) is 0 Å². The highest BCUT2D eigenvalue weighted by Crippen LogP contribution is 2.32. The van der Waals surface area contributed by atoms with E-state index in [-0.39, 0.29) is 17.3 Å². The van der Waals surface area contributed by atoms with E-state index in [2.05, 4.69) is 10.0 Å². The van der Waals surface area contributed by atoms with E-state index in [1.54, 1.807) is 20.0 Å². The van der Waals surface area contributed by atoms with Gasteiger partial charge in [-0.2, -0.15) is 0 Å². The van der Waals surface area contributed by atoms with E-state index in [0.717, 1.165) is 0 Å². The van der Waals surface area contributed by atoms with E-state index < -0.39 is 10.0 Å². The van der Waals surface area contributed by atoms with Gasteiger partial charge < -0.3 is 14.8 Å². The molecule has 0 fully saturated rings. The summed E-state index contributed by atoms with van der Waals surface area (Å²) in [7, 11) is 1.19. The van der Waals surface area contributed by atoms with Crippen LogP contribution in [0.25, 0.3) is 0 Å². The Labute approximate surface area is 126 Å². The van der Waals surface area contributed by atoms with Crippen LogP contribution >= 0.6 is 12.4 Å². The van der Waals surface area contributed by atoms with Crippen molar-refractivity contribution in [3.05, 3.63) is 17.7 Å². The van der Waals surface area contributed by atoms with Crippen molar-refractivity contribution in [2.45, 2.75) is 11.8 Å². The topological polar surface area (TPSA) is 76.7 Å². The molecule has 20 heavy (non-hydrogen) atoms. The summed E-state index contributed by atoms with van der Waals surface area (Å²) in [6.45, 7) is 2.60. The fourth-order valence-electron chi connectivity index (χ4n) is 1.64. The highest BCUT2D eigenvalue weighted by atomic mass is 35.5. The largest absolute Gasteiger partial charge is 0.493 e. The Bertz CT molecular complexity index is 535. The highest BCUT2D eigenvalue weighted by molar-refractivity contribution is 7.89. The summed E-state index contributed by atoms with van der Waals surface area (Å²) in [5, 5.41) is 2.88. The average molecular weight is 325 g/mol. The Balaban J connectivity index is 0.00000361. The van der Waals surface area contributed by atoms with Gasteiger partial charge in [0.05, 0.1) is 19.1 Å². The molecule has 0 saturated heterocycles. The van der Waals surface area contributed by atoms with Crippen LogP contribution in [0.1, 0.15) is 5.56 Å². The average Bonchev–Trinajstić information content (AvgIpc) is 2.38. The third-order valence-electron chi connectivity index (χ3n) is 2.64. The van der Waals surface area contributed by atoms with Crippen molar-refractivity contribution in [1.82, 2.24) is 10.0 Å². The van der Waals surface area contributed by atoms with Crippen LogP contribution in [-0.4, -0.2) is 42.8 Å². The lowest BCUT2D eigenvalue weighted by atomic mass is 10.2. The number of sulfonamides is 1. The van der Waals surface area contributed by atoms with Gasteiger partial charge in [0.2, 0.25) is 10.0 Å². The summed E-state index contributed by atoms with van der Waals surface area (Å²) in [6, 6.07) is 3.11. The lowest BCUT2D eigenvalue weighted by Gasteiger charge is -2.13. The highest BCUT2D eigenvalue weighted by Gasteiger charge is 2.19. The van der Waals surface area contributed by atoms with Gasteiger partial charge >= 0.3 is 0 Å². The van der Waals surface area contributed by atoms with Crippen LogP contribution in [0, 0.1) is 6.92 Å². The summed E-state index contributed by atoms with van der Waals surface area (Å²) in [4.78, 5) is 0.196. The minimum absolute atomic E-state index is 0. The molecule has 0 saturated carbocycles. The maximum Gasteiger partial charge on any atom is 0.241 e. The molecular formula is C12H21ClN2O4S. The summed E-state index contributed by atoms with van der Waals surface area (Å²) >= 11 is 0. The molecule has 0 heterocycles. The maximum atomic E-state index is 12.2. The standard InChI is InChI=1S/C12H20N2O4S.ClH/c1-9-7-10(17-3)11(18-4)8-12(9)19(15,16)14-6-5-13-2;/h7-8,13-14H,5-6H2,1-4H3;1H. The van der Waals surface area contributed by atoms with Gasteiger partial charge in [-0.25, -0.2) is 13.1 Å². The molecule has 0 aliphatic heterocycles. The number of hydrogen-bond donors (Lipinski definition) is 2. The van der Waals surface area contributed by atoms with E-state index in [0.29, 0.717) is 30.2 Å². The number of ether oxygens (including phenoxy) is 2. The van der Waals surface area contributed by atoms with Crippen molar-refractivity contribution in [2.75, 3.05) is 34.4 Å². The van der Waals surface area contributed by atoms with Crippen molar-refractivity contribution in [3.8, 4) is 11.5 Å². The molecule has 1 aromatic rings. The fourth-order valence-corrected chi connectivity index (χ4v) is 2.91. The molecule has 2 N–H and O–H groups in total. The molecule has 0 aliphatic carbocycles. The van der Waals surface area contributed by atoms with E-state index >= 15 is 0 Å². The molecular weight excluding hydrogens is 304 g/mol. The van der Waals surface area contributed by atoms with Crippen LogP contribution in [0.15, 0.2) is 17.0 Å². The number of benzene rings is 1. The molecule has 0 aromatic heterocycles. The van der Waals surface area contributed by atoms with Crippen molar-refractivity contribution < 1.29 is 17.9 Å². The Morgan fingerprint density at radius 2 is 1.65 bits per heavy atom. The molecule has 0 unspecified atom stereocenters. The van der Waals surface area contributed by atoms with Gasteiger partial charge in [-0.1, -0.05) is 0 Å². The normalized spacial score (nSPS) is 10.8. The van der Waals surface area contributed by atoms with Gasteiger partial charge in [0.15, 0.2) is 11.5 Å². The van der Waals surface area contributed by atoms with Crippen molar-refractivity contribution in [3.63, 3.8) is 0 Å². The van der Waals surface area contributed by atoms with E-state index in [1.165, 1.54) is 20.3 Å². The van der Waals surface area contributed by atoms with Crippen molar-refractivity contribution in [2.24, 2.45) is 0 Å². The zero-order chi connectivity index (χ0) is 14.5. The van der Waals surface area contributed by atoms with Gasteiger partial charge in [0, 0.05) is 19.2 Å². The fraction of sp³-hybridized carbons (Fsp3) is 0.500. The molecule has 1 rings (SSSR count). The second-order valence-corrected chi connectivity index (χ2v) is 5.71.